The zero-order chi connectivity index (χ0) is 36.4. The summed E-state index contributed by atoms with van der Waals surface area (Å²) in [5.74, 6) is -0.197. The third-order valence-electron chi connectivity index (χ3n) is 7.65. The number of anilines is 1. The Bertz CT molecular complexity index is 1620. The second-order valence-corrected chi connectivity index (χ2v) is 13.6. The number of imide groups is 1. The summed E-state index contributed by atoms with van der Waals surface area (Å²) in [4.78, 5) is 87.3. The van der Waals surface area contributed by atoms with E-state index in [0.29, 0.717) is 20.9 Å². The summed E-state index contributed by atoms with van der Waals surface area (Å²) in [6.45, 7) is 11.9. The molecule has 0 radical (unpaired) electrons. The third kappa shape index (κ3) is 7.92. The number of halogens is 1. The minimum atomic E-state index is -3.05. The van der Waals surface area contributed by atoms with Crippen molar-refractivity contribution >= 4 is 59.9 Å². The number of hydrogen-bond acceptors (Lipinski definition) is 11. The smallest absolute Gasteiger partial charge is 0.363 e. The van der Waals surface area contributed by atoms with Crippen LogP contribution in [0, 0.1) is 0 Å². The van der Waals surface area contributed by atoms with E-state index < -0.39 is 70.4 Å². The van der Waals surface area contributed by atoms with Gasteiger partial charge in [-0.15, -0.1) is 12.4 Å². The number of urea groups is 1. The minimum absolute atomic E-state index is 0. The van der Waals surface area contributed by atoms with E-state index in [4.69, 9.17) is 21.1 Å². The summed E-state index contributed by atoms with van der Waals surface area (Å²) in [6, 6.07) is 11.1. The molecule has 0 spiro atoms. The number of benzene rings is 2. The number of esters is 2. The number of ketones is 1. The average molecular weight is 701 g/mol. The zero-order valence-corrected chi connectivity index (χ0v) is 30.0. The van der Waals surface area contributed by atoms with Gasteiger partial charge in [-0.2, -0.15) is 5.10 Å². The number of carbonyl (C=O) groups is 6. The van der Waals surface area contributed by atoms with Gasteiger partial charge in [0.1, 0.15) is 16.7 Å². The molecule has 1 aliphatic heterocycles. The molecular weight excluding hydrogens is 656 g/mol. The molecule has 3 atom stereocenters. The first-order valence-corrected chi connectivity index (χ1v) is 15.2. The molecule has 0 saturated carbocycles. The molecule has 0 unspecified atom stereocenters. The Morgan fingerprint density at radius 1 is 0.939 bits per heavy atom. The Morgan fingerprint density at radius 3 is 1.94 bits per heavy atom. The lowest BCUT2D eigenvalue weighted by atomic mass is 9.88. The molecule has 4 N–H and O–H groups in total. The summed E-state index contributed by atoms with van der Waals surface area (Å²) in [5, 5.41) is 3.49. The van der Waals surface area contributed by atoms with Crippen LogP contribution in [0.25, 0.3) is 0 Å². The first-order valence-electron chi connectivity index (χ1n) is 15.2. The van der Waals surface area contributed by atoms with E-state index in [-0.39, 0.29) is 18.1 Å². The van der Waals surface area contributed by atoms with Crippen molar-refractivity contribution in [2.75, 3.05) is 11.9 Å². The molecule has 1 fully saturated rings. The molecule has 4 amide bonds. The van der Waals surface area contributed by atoms with E-state index in [1.807, 2.05) is 0 Å². The molecule has 49 heavy (non-hydrogen) atoms. The summed E-state index contributed by atoms with van der Waals surface area (Å²) in [7, 11) is 1.33. The SMILES string of the molecule is CC(=O)[C@@](C(=O)OC(C)(C)C)(N1C(=O)N(C)[C@](C)(c2ccc(C=NN)cc2)C1=O)N(C(=O)[C@@H](N)CC(=O)OC(C)(C)C)c1ccccc1.Cl. The van der Waals surface area contributed by atoms with E-state index in [2.05, 4.69) is 5.10 Å². The highest BCUT2D eigenvalue weighted by molar-refractivity contribution is 6.24. The maximum atomic E-state index is 14.8. The van der Waals surface area contributed by atoms with Gasteiger partial charge in [0.2, 0.25) is 5.91 Å². The van der Waals surface area contributed by atoms with Crippen LogP contribution < -0.4 is 16.5 Å². The third-order valence-corrected chi connectivity index (χ3v) is 7.65. The van der Waals surface area contributed by atoms with Crippen LogP contribution in [0.2, 0.25) is 0 Å². The van der Waals surface area contributed by atoms with Crippen molar-refractivity contribution < 1.29 is 38.2 Å². The molecule has 0 aliphatic carbocycles. The number of likely N-dealkylation sites (N-methyl/N-ethyl adjacent to an activating group) is 1. The van der Waals surface area contributed by atoms with Gasteiger partial charge in [-0.1, -0.05) is 42.5 Å². The summed E-state index contributed by atoms with van der Waals surface area (Å²) < 4.78 is 11.1. The fourth-order valence-corrected chi connectivity index (χ4v) is 5.33. The van der Waals surface area contributed by atoms with Crippen molar-refractivity contribution in [1.29, 1.82) is 0 Å². The van der Waals surface area contributed by atoms with Crippen molar-refractivity contribution in [3.63, 3.8) is 0 Å². The molecule has 1 heterocycles. The van der Waals surface area contributed by atoms with Gasteiger partial charge in [0.15, 0.2) is 5.78 Å². The number of carbonyl (C=O) groups excluding carboxylic acids is 6. The summed E-state index contributed by atoms with van der Waals surface area (Å²) in [6.07, 6.45) is 0.733. The fraction of sp³-hybridized carbons (Fsp3) is 0.441. The molecule has 14 nitrogen and oxygen atoms in total. The summed E-state index contributed by atoms with van der Waals surface area (Å²) in [5.41, 5.74) is 0.157. The van der Waals surface area contributed by atoms with Gasteiger partial charge in [-0.05, 0) is 78.6 Å². The highest BCUT2D eigenvalue weighted by atomic mass is 35.5. The first-order chi connectivity index (χ1) is 22.1. The van der Waals surface area contributed by atoms with Gasteiger partial charge in [0.25, 0.3) is 11.6 Å². The maximum absolute atomic E-state index is 14.8. The van der Waals surface area contributed by atoms with E-state index in [1.165, 1.54) is 65.2 Å². The van der Waals surface area contributed by atoms with Crippen molar-refractivity contribution in [3.8, 4) is 0 Å². The number of para-hydroxylation sites is 1. The predicted octanol–water partition coefficient (Wildman–Crippen LogP) is 3.23. The minimum Gasteiger partial charge on any atom is -0.460 e. The highest BCUT2D eigenvalue weighted by Gasteiger charge is 2.69. The first kappa shape index (κ1) is 40.4. The molecule has 15 heteroatoms. The van der Waals surface area contributed by atoms with Gasteiger partial charge in [0, 0.05) is 12.7 Å². The second kappa shape index (κ2) is 14.7. The predicted molar refractivity (Wildman–Crippen MR) is 184 cm³/mol. The van der Waals surface area contributed by atoms with E-state index >= 15 is 0 Å². The van der Waals surface area contributed by atoms with Crippen LogP contribution in [-0.2, 0) is 39.0 Å². The Morgan fingerprint density at radius 2 is 1.47 bits per heavy atom. The number of amides is 4. The van der Waals surface area contributed by atoms with Crippen LogP contribution in [0.3, 0.4) is 0 Å². The molecule has 2 aromatic carbocycles. The molecule has 266 valence electrons. The van der Waals surface area contributed by atoms with Crippen LogP contribution in [0.1, 0.15) is 72.9 Å². The number of hydrogen-bond donors (Lipinski definition) is 2. The molecule has 2 aromatic rings. The van der Waals surface area contributed by atoms with Crippen molar-refractivity contribution in [2.24, 2.45) is 16.7 Å². The van der Waals surface area contributed by atoms with E-state index in [1.54, 1.807) is 51.1 Å². The monoisotopic (exact) mass is 700 g/mol. The molecule has 1 aliphatic rings. The Kier molecular flexibility index (Phi) is 12.1. The van der Waals surface area contributed by atoms with Crippen LogP contribution >= 0.6 is 12.4 Å². The highest BCUT2D eigenvalue weighted by Crippen LogP contribution is 2.43. The second-order valence-electron chi connectivity index (χ2n) is 13.6. The lowest BCUT2D eigenvalue weighted by Gasteiger charge is -2.45. The molecular formula is C34H45ClN6O8. The maximum Gasteiger partial charge on any atom is 0.363 e. The Labute approximate surface area is 292 Å². The topological polar surface area (TPSA) is 195 Å². The lowest BCUT2D eigenvalue weighted by Crippen LogP contribution is -2.75. The largest absolute Gasteiger partial charge is 0.460 e. The lowest BCUT2D eigenvalue weighted by molar-refractivity contribution is -0.174. The number of ether oxygens (including phenoxy) is 2. The van der Waals surface area contributed by atoms with Crippen molar-refractivity contribution in [1.82, 2.24) is 9.80 Å². The van der Waals surface area contributed by atoms with E-state index in [9.17, 15) is 28.8 Å². The van der Waals surface area contributed by atoms with Gasteiger partial charge < -0.3 is 25.9 Å². The van der Waals surface area contributed by atoms with Crippen molar-refractivity contribution in [2.45, 2.75) is 90.3 Å². The van der Waals surface area contributed by atoms with Crippen LogP contribution in [0.15, 0.2) is 59.7 Å². The Hall–Kier alpha value is -4.82. The Balaban J connectivity index is 0.00000833. The normalized spacial score (nSPS) is 18.4. The molecule has 0 bridgehead atoms. The molecule has 0 aromatic heterocycles. The van der Waals surface area contributed by atoms with Gasteiger partial charge in [0.05, 0.1) is 18.7 Å². The zero-order valence-electron chi connectivity index (χ0n) is 29.2. The number of hydrazone groups is 1. The van der Waals surface area contributed by atoms with Crippen molar-refractivity contribution in [3.05, 3.63) is 65.7 Å². The van der Waals surface area contributed by atoms with Gasteiger partial charge >= 0.3 is 18.0 Å². The quantitative estimate of drug-likeness (QED) is 0.0928. The number of Topliss-reactive ketones (excluding diaryl/α,β-unsaturated/α-hetero) is 1. The van der Waals surface area contributed by atoms with Gasteiger partial charge in [-0.3, -0.25) is 24.1 Å². The standard InChI is InChI=1S/C34H44N6O8.ClH/c1-21(41)34(29(45)48-32(5,6)7,39(24-13-11-10-12-14-24)27(43)25(35)19-26(42)47-31(2,3)4)40-28(44)33(8,38(9)30(40)46)23-17-15-22(16-18-23)20-37-36;/h10-18,20,25H,19,35-36H2,1-9H3;1H/t25-,33+,34-;/m0./s1. The number of rotatable bonds is 10. The average Bonchev–Trinajstić information content (AvgIpc) is 3.14. The number of nitrogens with zero attached hydrogens (tertiary/aromatic N) is 4. The summed E-state index contributed by atoms with van der Waals surface area (Å²) >= 11 is 0. The fourth-order valence-electron chi connectivity index (χ4n) is 5.33. The molecule has 1 saturated heterocycles. The van der Waals surface area contributed by atoms with Crippen LogP contribution in [0.5, 0.6) is 0 Å². The van der Waals surface area contributed by atoms with Gasteiger partial charge in [-0.25, -0.2) is 14.5 Å². The van der Waals surface area contributed by atoms with Crippen LogP contribution in [-0.4, -0.2) is 81.5 Å². The number of nitrogens with two attached hydrogens (primary N) is 2. The van der Waals surface area contributed by atoms with Crippen LogP contribution in [0.4, 0.5) is 10.5 Å². The molecule has 3 rings (SSSR count). The van der Waals surface area contributed by atoms with E-state index in [0.717, 1.165) is 11.8 Å².